The van der Waals surface area contributed by atoms with E-state index < -0.39 is 0 Å². The van der Waals surface area contributed by atoms with Gasteiger partial charge in [0.05, 0.1) is 18.8 Å². The summed E-state index contributed by atoms with van der Waals surface area (Å²) in [5, 5.41) is 3.59. The molecule has 0 saturated carbocycles. The topological polar surface area (TPSA) is 33.7 Å². The van der Waals surface area contributed by atoms with Crippen molar-refractivity contribution in [2.45, 2.75) is 57.4 Å². The SMILES string of the molecule is COCC(CNC(C)(C)C)N1CC2CCC(C1)O2. The van der Waals surface area contributed by atoms with Gasteiger partial charge in [0.1, 0.15) is 0 Å². The molecule has 0 aromatic rings. The second kappa shape index (κ2) is 5.87. The minimum absolute atomic E-state index is 0.164. The van der Waals surface area contributed by atoms with Crippen molar-refractivity contribution in [1.29, 1.82) is 0 Å². The van der Waals surface area contributed by atoms with Crippen LogP contribution in [0.5, 0.6) is 0 Å². The maximum absolute atomic E-state index is 5.90. The summed E-state index contributed by atoms with van der Waals surface area (Å²) in [5.41, 5.74) is 0.164. The predicted octanol–water partition coefficient (Wildman–Crippen LogP) is 1.25. The number of morpholine rings is 1. The number of rotatable bonds is 5. The molecule has 2 saturated heterocycles. The number of fused-ring (bicyclic) bond motifs is 2. The fourth-order valence-electron chi connectivity index (χ4n) is 2.85. The highest BCUT2D eigenvalue weighted by atomic mass is 16.5. The van der Waals surface area contributed by atoms with Gasteiger partial charge in [-0.3, -0.25) is 4.90 Å². The van der Waals surface area contributed by atoms with Crippen LogP contribution in [0.2, 0.25) is 0 Å². The van der Waals surface area contributed by atoms with Gasteiger partial charge in [0, 0.05) is 38.3 Å². The number of likely N-dealkylation sites (tertiary alicyclic amines) is 1. The molecule has 0 spiro atoms. The van der Waals surface area contributed by atoms with Crippen LogP contribution in [0.15, 0.2) is 0 Å². The zero-order valence-corrected chi connectivity index (χ0v) is 12.2. The average molecular weight is 256 g/mol. The quantitative estimate of drug-likeness (QED) is 0.803. The third-order valence-electron chi connectivity index (χ3n) is 3.82. The summed E-state index contributed by atoms with van der Waals surface area (Å²) >= 11 is 0. The Morgan fingerprint density at radius 1 is 1.28 bits per heavy atom. The standard InChI is InChI=1S/C14H28N2O2/c1-14(2,3)15-7-11(10-17-4)16-8-12-5-6-13(9-16)18-12/h11-13,15H,5-10H2,1-4H3. The first-order valence-corrected chi connectivity index (χ1v) is 7.11. The fraction of sp³-hybridized carbons (Fsp3) is 1.00. The van der Waals surface area contributed by atoms with Crippen LogP contribution in [-0.4, -0.2) is 62.0 Å². The molecule has 2 aliphatic heterocycles. The molecule has 1 N–H and O–H groups in total. The van der Waals surface area contributed by atoms with Crippen LogP contribution in [0.3, 0.4) is 0 Å². The van der Waals surface area contributed by atoms with E-state index in [0.29, 0.717) is 18.2 Å². The van der Waals surface area contributed by atoms with Crippen LogP contribution in [0, 0.1) is 0 Å². The Morgan fingerprint density at radius 3 is 2.39 bits per heavy atom. The number of hydrogen-bond donors (Lipinski definition) is 1. The minimum Gasteiger partial charge on any atom is -0.383 e. The summed E-state index contributed by atoms with van der Waals surface area (Å²) in [6.07, 6.45) is 3.37. The highest BCUT2D eigenvalue weighted by Gasteiger charge is 2.36. The molecule has 2 bridgehead atoms. The van der Waals surface area contributed by atoms with E-state index in [2.05, 4.69) is 31.0 Å². The van der Waals surface area contributed by atoms with Crippen LogP contribution in [-0.2, 0) is 9.47 Å². The van der Waals surface area contributed by atoms with E-state index in [-0.39, 0.29) is 5.54 Å². The molecule has 4 heteroatoms. The Bertz CT molecular complexity index is 253. The van der Waals surface area contributed by atoms with Gasteiger partial charge in [-0.1, -0.05) is 0 Å². The van der Waals surface area contributed by atoms with Crippen LogP contribution >= 0.6 is 0 Å². The molecular weight excluding hydrogens is 228 g/mol. The maximum atomic E-state index is 5.90. The Balaban J connectivity index is 1.88. The lowest BCUT2D eigenvalue weighted by molar-refractivity contribution is -0.0624. The summed E-state index contributed by atoms with van der Waals surface area (Å²) in [6, 6.07) is 0.459. The van der Waals surface area contributed by atoms with E-state index in [1.165, 1.54) is 12.8 Å². The van der Waals surface area contributed by atoms with Crippen LogP contribution in [0.1, 0.15) is 33.6 Å². The maximum Gasteiger partial charge on any atom is 0.0707 e. The summed E-state index contributed by atoms with van der Waals surface area (Å²) in [5.74, 6) is 0. The number of nitrogens with one attached hydrogen (secondary N) is 1. The molecule has 106 valence electrons. The molecule has 0 aliphatic carbocycles. The van der Waals surface area contributed by atoms with Crippen LogP contribution in [0.25, 0.3) is 0 Å². The van der Waals surface area contributed by atoms with Gasteiger partial charge in [0.25, 0.3) is 0 Å². The van der Waals surface area contributed by atoms with Gasteiger partial charge in [-0.25, -0.2) is 0 Å². The smallest absolute Gasteiger partial charge is 0.0707 e. The fourth-order valence-corrected chi connectivity index (χ4v) is 2.85. The highest BCUT2D eigenvalue weighted by molar-refractivity contribution is 4.89. The molecule has 0 aromatic carbocycles. The first-order chi connectivity index (χ1) is 8.48. The van der Waals surface area contributed by atoms with E-state index in [4.69, 9.17) is 9.47 Å². The Labute approximate surface area is 111 Å². The lowest BCUT2D eigenvalue weighted by Gasteiger charge is -2.38. The van der Waals surface area contributed by atoms with Gasteiger partial charge in [0.15, 0.2) is 0 Å². The Kier molecular flexibility index (Phi) is 4.64. The molecular formula is C14H28N2O2. The third kappa shape index (κ3) is 3.92. The van der Waals surface area contributed by atoms with E-state index >= 15 is 0 Å². The van der Waals surface area contributed by atoms with Gasteiger partial charge in [-0.15, -0.1) is 0 Å². The van der Waals surface area contributed by atoms with Gasteiger partial charge in [-0.2, -0.15) is 0 Å². The number of methoxy groups -OCH3 is 1. The number of nitrogens with zero attached hydrogens (tertiary/aromatic N) is 1. The summed E-state index contributed by atoms with van der Waals surface area (Å²) in [4.78, 5) is 2.55. The molecule has 0 radical (unpaired) electrons. The Morgan fingerprint density at radius 2 is 1.89 bits per heavy atom. The minimum atomic E-state index is 0.164. The average Bonchev–Trinajstić information content (AvgIpc) is 2.62. The summed E-state index contributed by atoms with van der Waals surface area (Å²) in [7, 11) is 1.79. The van der Waals surface area contributed by atoms with Crippen molar-refractivity contribution in [3.63, 3.8) is 0 Å². The molecule has 2 fully saturated rings. The largest absolute Gasteiger partial charge is 0.383 e. The second-order valence-corrected chi connectivity index (χ2v) is 6.65. The molecule has 3 unspecified atom stereocenters. The monoisotopic (exact) mass is 256 g/mol. The van der Waals surface area contributed by atoms with Crippen LogP contribution in [0.4, 0.5) is 0 Å². The molecule has 2 heterocycles. The normalized spacial score (nSPS) is 30.7. The molecule has 3 atom stereocenters. The predicted molar refractivity (Wildman–Crippen MR) is 72.9 cm³/mol. The molecule has 0 aromatic heterocycles. The van der Waals surface area contributed by atoms with Crippen molar-refractivity contribution in [2.24, 2.45) is 0 Å². The lowest BCUT2D eigenvalue weighted by atomic mass is 10.1. The highest BCUT2D eigenvalue weighted by Crippen LogP contribution is 2.27. The van der Waals surface area contributed by atoms with Crippen molar-refractivity contribution < 1.29 is 9.47 Å². The number of hydrogen-bond acceptors (Lipinski definition) is 4. The first kappa shape index (κ1) is 14.3. The molecule has 0 amide bonds. The van der Waals surface area contributed by atoms with Crippen molar-refractivity contribution in [3.05, 3.63) is 0 Å². The van der Waals surface area contributed by atoms with Gasteiger partial charge in [0.2, 0.25) is 0 Å². The van der Waals surface area contributed by atoms with E-state index in [1.54, 1.807) is 7.11 Å². The summed E-state index contributed by atoms with van der Waals surface area (Å²) < 4.78 is 11.3. The van der Waals surface area contributed by atoms with Crippen molar-refractivity contribution in [3.8, 4) is 0 Å². The molecule has 2 aliphatic rings. The van der Waals surface area contributed by atoms with Crippen molar-refractivity contribution in [1.82, 2.24) is 10.2 Å². The third-order valence-corrected chi connectivity index (χ3v) is 3.82. The van der Waals surface area contributed by atoms with Gasteiger partial charge < -0.3 is 14.8 Å². The zero-order valence-electron chi connectivity index (χ0n) is 12.2. The second-order valence-electron chi connectivity index (χ2n) is 6.65. The van der Waals surface area contributed by atoms with Crippen molar-refractivity contribution in [2.75, 3.05) is 33.4 Å². The van der Waals surface area contributed by atoms with E-state index in [1.807, 2.05) is 0 Å². The van der Waals surface area contributed by atoms with Gasteiger partial charge in [-0.05, 0) is 33.6 Å². The summed E-state index contributed by atoms with van der Waals surface area (Å²) in [6.45, 7) is 10.5. The molecule has 18 heavy (non-hydrogen) atoms. The van der Waals surface area contributed by atoms with Gasteiger partial charge >= 0.3 is 0 Å². The Hall–Kier alpha value is -0.160. The van der Waals surface area contributed by atoms with Crippen LogP contribution < -0.4 is 5.32 Å². The first-order valence-electron chi connectivity index (χ1n) is 7.11. The molecule has 2 rings (SSSR count). The van der Waals surface area contributed by atoms with E-state index in [9.17, 15) is 0 Å². The van der Waals surface area contributed by atoms with E-state index in [0.717, 1.165) is 26.2 Å². The van der Waals surface area contributed by atoms with Crippen molar-refractivity contribution >= 4 is 0 Å². The lowest BCUT2D eigenvalue weighted by Crippen LogP contribution is -2.54. The zero-order chi connectivity index (χ0) is 13.2. The number of ether oxygens (including phenoxy) is 2. The molecule has 4 nitrogen and oxygen atoms in total.